The second-order valence-corrected chi connectivity index (χ2v) is 5.24. The zero-order chi connectivity index (χ0) is 14.8. The summed E-state index contributed by atoms with van der Waals surface area (Å²) in [7, 11) is 0. The number of carbonyl (C=O) groups is 1. The Hall–Kier alpha value is -2.02. The minimum absolute atomic E-state index is 0.0274. The zero-order valence-electron chi connectivity index (χ0n) is 11.4. The van der Waals surface area contributed by atoms with Crippen molar-refractivity contribution in [2.75, 3.05) is 13.1 Å². The van der Waals surface area contributed by atoms with Gasteiger partial charge in [-0.25, -0.2) is 13.8 Å². The number of hydrogen-bond acceptors (Lipinski definition) is 3. The molecule has 1 aromatic carbocycles. The summed E-state index contributed by atoms with van der Waals surface area (Å²) in [6, 6.07) is 2.11. The first-order chi connectivity index (χ1) is 10.1. The van der Waals surface area contributed by atoms with Crippen LogP contribution in [-0.2, 0) is 11.2 Å². The number of carbonyl (C=O) groups excluding carboxylic acids is 1. The molecule has 1 aliphatic rings. The molecule has 112 valence electrons. The highest BCUT2D eigenvalue weighted by atomic mass is 19.1. The number of nitrogens with zero attached hydrogens (tertiary/aromatic N) is 1. The topological polar surface area (TPSA) is 69.8 Å². The lowest BCUT2D eigenvalue weighted by Gasteiger charge is -2.23. The average Bonchev–Trinajstić information content (AvgIpc) is 2.82. The quantitative estimate of drug-likeness (QED) is 0.798. The van der Waals surface area contributed by atoms with Crippen molar-refractivity contribution in [1.29, 1.82) is 0 Å². The van der Waals surface area contributed by atoms with Crippen LogP contribution in [0.5, 0.6) is 0 Å². The lowest BCUT2D eigenvalue weighted by atomic mass is 10.1. The molecule has 1 aromatic heterocycles. The lowest BCUT2D eigenvalue weighted by molar-refractivity contribution is -0.121. The molecule has 0 aliphatic carbocycles. The Labute approximate surface area is 120 Å². The van der Waals surface area contributed by atoms with Crippen LogP contribution in [0, 0.1) is 11.6 Å². The molecule has 0 bridgehead atoms. The van der Waals surface area contributed by atoms with Crippen LogP contribution in [0.15, 0.2) is 12.1 Å². The van der Waals surface area contributed by atoms with E-state index in [9.17, 15) is 13.6 Å². The molecule has 0 saturated carbocycles. The summed E-state index contributed by atoms with van der Waals surface area (Å²) >= 11 is 0. The molecule has 0 radical (unpaired) electrons. The van der Waals surface area contributed by atoms with Crippen molar-refractivity contribution in [3.63, 3.8) is 0 Å². The SMILES string of the molecule is O=C(Cc1nc2c(F)cc(F)cc2[nH]1)NC1CCNCC1. The molecule has 1 amide bonds. The Morgan fingerprint density at radius 2 is 2.10 bits per heavy atom. The maximum atomic E-state index is 13.5. The van der Waals surface area contributed by atoms with Gasteiger partial charge in [0.25, 0.3) is 0 Å². The first-order valence-electron chi connectivity index (χ1n) is 6.95. The van der Waals surface area contributed by atoms with Crippen molar-refractivity contribution in [2.24, 2.45) is 0 Å². The predicted octanol–water partition coefficient (Wildman–Crippen LogP) is 1.25. The van der Waals surface area contributed by atoms with Gasteiger partial charge >= 0.3 is 0 Å². The Kier molecular flexibility index (Phi) is 3.83. The molecule has 1 aliphatic heterocycles. The molecule has 1 saturated heterocycles. The molecular weight excluding hydrogens is 278 g/mol. The summed E-state index contributed by atoms with van der Waals surface area (Å²) in [5.74, 6) is -1.23. The largest absolute Gasteiger partial charge is 0.353 e. The maximum Gasteiger partial charge on any atom is 0.227 e. The second kappa shape index (κ2) is 5.77. The van der Waals surface area contributed by atoms with Crippen LogP contribution in [-0.4, -0.2) is 35.0 Å². The minimum Gasteiger partial charge on any atom is -0.353 e. The van der Waals surface area contributed by atoms with Crippen LogP contribution in [0.25, 0.3) is 11.0 Å². The number of rotatable bonds is 3. The van der Waals surface area contributed by atoms with Crippen LogP contribution in [0.2, 0.25) is 0 Å². The molecule has 3 rings (SSSR count). The number of H-pyrrole nitrogens is 1. The third-order valence-corrected chi connectivity index (χ3v) is 3.59. The number of imidazole rings is 1. The molecule has 0 atom stereocenters. The molecular formula is C14H16F2N4O. The van der Waals surface area contributed by atoms with E-state index < -0.39 is 11.6 Å². The van der Waals surface area contributed by atoms with E-state index in [1.54, 1.807) is 0 Å². The molecule has 7 heteroatoms. The normalized spacial score (nSPS) is 16.3. The molecule has 1 fully saturated rings. The second-order valence-electron chi connectivity index (χ2n) is 5.24. The van der Waals surface area contributed by atoms with Gasteiger partial charge in [-0.3, -0.25) is 4.79 Å². The van der Waals surface area contributed by atoms with Gasteiger partial charge < -0.3 is 15.6 Å². The smallest absolute Gasteiger partial charge is 0.227 e. The van der Waals surface area contributed by atoms with Gasteiger partial charge in [0.2, 0.25) is 5.91 Å². The molecule has 2 aromatic rings. The highest BCUT2D eigenvalue weighted by Gasteiger charge is 2.17. The standard InChI is InChI=1S/C14H16F2N4O/c15-8-5-10(16)14-11(6-8)19-12(20-14)7-13(21)18-9-1-3-17-4-2-9/h5-6,9,17H,1-4,7H2,(H,18,21)(H,19,20). The zero-order valence-corrected chi connectivity index (χ0v) is 11.4. The van der Waals surface area contributed by atoms with Crippen molar-refractivity contribution in [3.05, 3.63) is 29.6 Å². The van der Waals surface area contributed by atoms with Crippen molar-refractivity contribution in [3.8, 4) is 0 Å². The fourth-order valence-corrected chi connectivity index (χ4v) is 2.57. The molecule has 0 unspecified atom stereocenters. The number of hydrogen-bond donors (Lipinski definition) is 3. The van der Waals surface area contributed by atoms with E-state index in [4.69, 9.17) is 0 Å². The van der Waals surface area contributed by atoms with Crippen molar-refractivity contribution in [2.45, 2.75) is 25.3 Å². The van der Waals surface area contributed by atoms with Gasteiger partial charge in [-0.2, -0.15) is 0 Å². The summed E-state index contributed by atoms with van der Waals surface area (Å²) in [5.41, 5.74) is 0.318. The van der Waals surface area contributed by atoms with Crippen LogP contribution in [0.4, 0.5) is 8.78 Å². The molecule has 3 N–H and O–H groups in total. The number of aromatic nitrogens is 2. The Morgan fingerprint density at radius 1 is 1.33 bits per heavy atom. The fraction of sp³-hybridized carbons (Fsp3) is 0.429. The monoisotopic (exact) mass is 294 g/mol. The van der Waals surface area contributed by atoms with E-state index >= 15 is 0 Å². The summed E-state index contributed by atoms with van der Waals surface area (Å²) in [5, 5.41) is 6.15. The van der Waals surface area contributed by atoms with E-state index in [1.807, 2.05) is 0 Å². The lowest BCUT2D eigenvalue weighted by Crippen LogP contribution is -2.43. The van der Waals surface area contributed by atoms with E-state index in [-0.39, 0.29) is 29.4 Å². The first kappa shape index (κ1) is 13.9. The molecule has 5 nitrogen and oxygen atoms in total. The first-order valence-corrected chi connectivity index (χ1v) is 6.95. The van der Waals surface area contributed by atoms with Crippen molar-refractivity contribution < 1.29 is 13.6 Å². The van der Waals surface area contributed by atoms with E-state index in [0.717, 1.165) is 32.0 Å². The predicted molar refractivity (Wildman–Crippen MR) is 73.7 cm³/mol. The number of amides is 1. The van der Waals surface area contributed by atoms with Crippen LogP contribution in [0.1, 0.15) is 18.7 Å². The molecule has 21 heavy (non-hydrogen) atoms. The van der Waals surface area contributed by atoms with Gasteiger partial charge in [-0.1, -0.05) is 0 Å². The van der Waals surface area contributed by atoms with Gasteiger partial charge in [-0.05, 0) is 32.0 Å². The van der Waals surface area contributed by atoms with Crippen LogP contribution < -0.4 is 10.6 Å². The Morgan fingerprint density at radius 3 is 2.86 bits per heavy atom. The Bertz CT molecular complexity index is 664. The third kappa shape index (κ3) is 3.18. The number of benzene rings is 1. The van der Waals surface area contributed by atoms with Gasteiger partial charge in [0, 0.05) is 12.1 Å². The van der Waals surface area contributed by atoms with Gasteiger partial charge in [-0.15, -0.1) is 0 Å². The van der Waals surface area contributed by atoms with E-state index in [0.29, 0.717) is 5.82 Å². The number of aromatic amines is 1. The summed E-state index contributed by atoms with van der Waals surface area (Å²) in [4.78, 5) is 18.7. The van der Waals surface area contributed by atoms with Crippen molar-refractivity contribution >= 4 is 16.9 Å². The minimum atomic E-state index is -0.730. The van der Waals surface area contributed by atoms with Crippen LogP contribution >= 0.6 is 0 Å². The highest BCUT2D eigenvalue weighted by Crippen LogP contribution is 2.17. The summed E-state index contributed by atoms with van der Waals surface area (Å²) < 4.78 is 26.6. The average molecular weight is 294 g/mol. The highest BCUT2D eigenvalue weighted by molar-refractivity contribution is 5.81. The Balaban J connectivity index is 1.69. The van der Waals surface area contributed by atoms with Gasteiger partial charge in [0.1, 0.15) is 17.2 Å². The van der Waals surface area contributed by atoms with Crippen LogP contribution in [0.3, 0.4) is 0 Å². The van der Waals surface area contributed by atoms with Gasteiger partial charge in [0.05, 0.1) is 11.9 Å². The molecule has 0 spiro atoms. The van der Waals surface area contributed by atoms with E-state index in [1.165, 1.54) is 6.07 Å². The van der Waals surface area contributed by atoms with Gasteiger partial charge in [0.15, 0.2) is 5.82 Å². The summed E-state index contributed by atoms with van der Waals surface area (Å²) in [6.45, 7) is 1.78. The number of nitrogens with one attached hydrogen (secondary N) is 3. The third-order valence-electron chi connectivity index (χ3n) is 3.59. The van der Waals surface area contributed by atoms with E-state index in [2.05, 4.69) is 20.6 Å². The summed E-state index contributed by atoms with van der Waals surface area (Å²) in [6.07, 6.45) is 1.82. The molecule has 2 heterocycles. The maximum absolute atomic E-state index is 13.5. The fourth-order valence-electron chi connectivity index (χ4n) is 2.57. The number of fused-ring (bicyclic) bond motifs is 1. The number of halogens is 2. The number of piperidine rings is 1. The van der Waals surface area contributed by atoms with Crippen molar-refractivity contribution in [1.82, 2.24) is 20.6 Å².